The molecule has 0 amide bonds. The van der Waals surface area contributed by atoms with Crippen LogP contribution in [0.3, 0.4) is 0 Å². The average molecular weight is 435 g/mol. The van der Waals surface area contributed by atoms with Crippen LogP contribution in [0.25, 0.3) is 32.9 Å². The molecule has 1 aromatic heterocycles. The fourth-order valence-corrected chi connectivity index (χ4v) is 4.27. The van der Waals surface area contributed by atoms with Crippen molar-refractivity contribution in [2.24, 2.45) is 5.73 Å². The molecule has 5 nitrogen and oxygen atoms in total. The average Bonchev–Trinajstić information content (AvgIpc) is 3.29. The summed E-state index contributed by atoms with van der Waals surface area (Å²) in [5.41, 5.74) is 11.1. The predicted octanol–water partition coefficient (Wildman–Crippen LogP) is 5.54. The van der Waals surface area contributed by atoms with Crippen LogP contribution in [0.1, 0.15) is 16.8 Å². The third-order valence-corrected chi connectivity index (χ3v) is 5.92. The number of nitrogens with one attached hydrogen (secondary N) is 1. The Morgan fingerprint density at radius 1 is 1.00 bits per heavy atom. The molecule has 0 bridgehead atoms. The quantitative estimate of drug-likeness (QED) is 0.344. The molecular formula is C28H26N4O. The maximum atomic E-state index is 6.42. The minimum Gasteiger partial charge on any atom is -0.495 e. The van der Waals surface area contributed by atoms with Crippen molar-refractivity contribution < 1.29 is 4.74 Å². The Balaban J connectivity index is 1.43. The van der Waals surface area contributed by atoms with E-state index in [9.17, 15) is 0 Å². The Morgan fingerprint density at radius 2 is 1.70 bits per heavy atom. The largest absolute Gasteiger partial charge is 0.495 e. The van der Waals surface area contributed by atoms with E-state index in [4.69, 9.17) is 10.5 Å². The highest BCUT2D eigenvalue weighted by atomic mass is 16.5. The van der Waals surface area contributed by atoms with Gasteiger partial charge in [-0.1, -0.05) is 54.6 Å². The van der Waals surface area contributed by atoms with Gasteiger partial charge in [-0.3, -0.25) is 0 Å². The van der Waals surface area contributed by atoms with Gasteiger partial charge < -0.3 is 20.4 Å². The van der Waals surface area contributed by atoms with Crippen molar-refractivity contribution in [2.75, 3.05) is 7.11 Å². The number of nitrogens with two attached hydrogens (primary N) is 1. The van der Waals surface area contributed by atoms with Gasteiger partial charge in [-0.2, -0.15) is 0 Å². The molecule has 0 unspecified atom stereocenters. The van der Waals surface area contributed by atoms with E-state index in [1.807, 2.05) is 42.1 Å². The molecule has 0 spiro atoms. The van der Waals surface area contributed by atoms with Crippen LogP contribution in [-0.2, 0) is 6.54 Å². The first-order valence-electron chi connectivity index (χ1n) is 10.9. The lowest BCUT2D eigenvalue weighted by atomic mass is 9.97. The lowest BCUT2D eigenvalue weighted by Gasteiger charge is -2.13. The van der Waals surface area contributed by atoms with Gasteiger partial charge in [0, 0.05) is 24.5 Å². The highest BCUT2D eigenvalue weighted by Crippen LogP contribution is 2.29. The zero-order valence-electron chi connectivity index (χ0n) is 18.7. The number of imidazole rings is 1. The summed E-state index contributed by atoms with van der Waals surface area (Å²) in [6, 6.07) is 25.2. The normalized spacial score (nSPS) is 11.8. The Labute approximate surface area is 193 Å². The van der Waals surface area contributed by atoms with Crippen LogP contribution in [0, 0.1) is 6.92 Å². The number of methoxy groups -OCH3 is 1. The number of hydrogen-bond acceptors (Lipinski definition) is 4. The second-order valence-electron chi connectivity index (χ2n) is 8.09. The fraction of sp³-hybridized carbons (Fsp3) is 0.107. The molecule has 0 aliphatic heterocycles. The highest BCUT2D eigenvalue weighted by Gasteiger charge is 2.10. The number of fused-ring (bicyclic) bond motifs is 2. The van der Waals surface area contributed by atoms with Crippen molar-refractivity contribution >= 4 is 27.2 Å². The van der Waals surface area contributed by atoms with Gasteiger partial charge in [0.1, 0.15) is 5.75 Å². The number of rotatable bonds is 6. The Kier molecular flexibility index (Phi) is 5.45. The molecule has 0 aliphatic rings. The maximum absolute atomic E-state index is 6.42. The summed E-state index contributed by atoms with van der Waals surface area (Å²) in [4.78, 5) is 4.30. The standard InChI is InChI=1S/C28H26N4O/c1-19-17-32(18-31-19)27-12-11-22(14-28(27)33-2)26(29)16-30-15-25-23-9-5-3-7-20(23)13-21-8-4-6-10-24(21)25/h3-14,16-18,30H,15,29H2,1-2H3/b26-16-. The first-order valence-corrected chi connectivity index (χ1v) is 10.9. The van der Waals surface area contributed by atoms with E-state index in [0.717, 1.165) is 22.7 Å². The topological polar surface area (TPSA) is 65.1 Å². The van der Waals surface area contributed by atoms with Crippen molar-refractivity contribution in [3.05, 3.63) is 108 Å². The lowest BCUT2D eigenvalue weighted by Crippen LogP contribution is -2.10. The van der Waals surface area contributed by atoms with Gasteiger partial charge in [-0.25, -0.2) is 4.98 Å². The zero-order chi connectivity index (χ0) is 22.8. The smallest absolute Gasteiger partial charge is 0.143 e. The van der Waals surface area contributed by atoms with Gasteiger partial charge in [0.05, 0.1) is 30.5 Å². The molecule has 1 heterocycles. The molecule has 5 rings (SSSR count). The van der Waals surface area contributed by atoms with E-state index >= 15 is 0 Å². The van der Waals surface area contributed by atoms with Crippen molar-refractivity contribution in [2.45, 2.75) is 13.5 Å². The molecule has 0 aliphatic carbocycles. The van der Waals surface area contributed by atoms with Crippen molar-refractivity contribution in [1.82, 2.24) is 14.9 Å². The lowest BCUT2D eigenvalue weighted by molar-refractivity contribution is 0.412. The van der Waals surface area contributed by atoms with E-state index in [1.54, 1.807) is 13.4 Å². The summed E-state index contributed by atoms with van der Waals surface area (Å²) in [7, 11) is 1.66. The summed E-state index contributed by atoms with van der Waals surface area (Å²) in [5, 5.41) is 8.40. The van der Waals surface area contributed by atoms with E-state index in [2.05, 4.69) is 64.9 Å². The van der Waals surface area contributed by atoms with Crippen LogP contribution in [0.4, 0.5) is 0 Å². The van der Waals surface area contributed by atoms with Crippen molar-refractivity contribution in [1.29, 1.82) is 0 Å². The number of ether oxygens (including phenoxy) is 1. The summed E-state index contributed by atoms with van der Waals surface area (Å²) in [5.74, 6) is 0.737. The maximum Gasteiger partial charge on any atom is 0.143 e. The third kappa shape index (κ3) is 4.01. The number of nitrogens with zero attached hydrogens (tertiary/aromatic N) is 2. The second-order valence-corrected chi connectivity index (χ2v) is 8.09. The zero-order valence-corrected chi connectivity index (χ0v) is 18.7. The number of aromatic nitrogens is 2. The van der Waals surface area contributed by atoms with Crippen LogP contribution >= 0.6 is 0 Å². The van der Waals surface area contributed by atoms with Gasteiger partial charge in [-0.15, -0.1) is 0 Å². The second kappa shape index (κ2) is 8.71. The monoisotopic (exact) mass is 434 g/mol. The molecule has 33 heavy (non-hydrogen) atoms. The van der Waals surface area contributed by atoms with Crippen LogP contribution in [0.5, 0.6) is 5.75 Å². The number of hydrogen-bond donors (Lipinski definition) is 2. The highest BCUT2D eigenvalue weighted by molar-refractivity contribution is 6.02. The summed E-state index contributed by atoms with van der Waals surface area (Å²) < 4.78 is 7.56. The number of benzene rings is 4. The molecule has 0 radical (unpaired) electrons. The predicted molar refractivity (Wildman–Crippen MR) is 135 cm³/mol. The van der Waals surface area contributed by atoms with Crippen LogP contribution in [0.15, 0.2) is 91.5 Å². The molecule has 0 saturated heterocycles. The van der Waals surface area contributed by atoms with Crippen LogP contribution in [-0.4, -0.2) is 16.7 Å². The van der Waals surface area contributed by atoms with E-state index in [-0.39, 0.29) is 0 Å². The molecule has 5 aromatic rings. The molecule has 0 fully saturated rings. The molecular weight excluding hydrogens is 408 g/mol. The van der Waals surface area contributed by atoms with Crippen LogP contribution < -0.4 is 15.8 Å². The van der Waals surface area contributed by atoms with Crippen LogP contribution in [0.2, 0.25) is 0 Å². The molecule has 0 saturated carbocycles. The molecule has 0 atom stereocenters. The van der Waals surface area contributed by atoms with Gasteiger partial charge in [0.25, 0.3) is 0 Å². The molecule has 3 N–H and O–H groups in total. The van der Waals surface area contributed by atoms with E-state index in [1.165, 1.54) is 27.1 Å². The van der Waals surface area contributed by atoms with Gasteiger partial charge in [0.15, 0.2) is 0 Å². The van der Waals surface area contributed by atoms with Gasteiger partial charge in [0.2, 0.25) is 0 Å². The van der Waals surface area contributed by atoms with E-state index in [0.29, 0.717) is 12.2 Å². The molecule has 4 aromatic carbocycles. The summed E-state index contributed by atoms with van der Waals surface area (Å²) >= 11 is 0. The summed E-state index contributed by atoms with van der Waals surface area (Å²) in [6.07, 6.45) is 5.61. The van der Waals surface area contributed by atoms with Crippen molar-refractivity contribution in [3.63, 3.8) is 0 Å². The fourth-order valence-electron chi connectivity index (χ4n) is 4.27. The van der Waals surface area contributed by atoms with Crippen molar-refractivity contribution in [3.8, 4) is 11.4 Å². The SMILES string of the molecule is COc1cc(/C(N)=C/NCc2c3ccccc3cc3ccccc23)ccc1-n1cnc(C)c1. The minimum atomic E-state index is 0.645. The summed E-state index contributed by atoms with van der Waals surface area (Å²) in [6.45, 7) is 2.63. The van der Waals surface area contributed by atoms with E-state index < -0.39 is 0 Å². The minimum absolute atomic E-state index is 0.645. The van der Waals surface area contributed by atoms with Gasteiger partial charge in [-0.05, 0) is 52.2 Å². The third-order valence-electron chi connectivity index (χ3n) is 5.92. The first-order chi connectivity index (χ1) is 16.1. The first kappa shape index (κ1) is 20.6. The Bertz CT molecular complexity index is 1430. The molecule has 164 valence electrons. The Morgan fingerprint density at radius 3 is 2.33 bits per heavy atom. The van der Waals surface area contributed by atoms with Gasteiger partial charge >= 0.3 is 0 Å². The number of aryl methyl sites for hydroxylation is 1. The Hall–Kier alpha value is -4.25. The molecule has 5 heteroatoms.